The molecule has 1 unspecified atom stereocenters. The molecule has 0 N–H and O–H groups in total. The molecular weight excluding hydrogens is 326 g/mol. The standard InChI is InChI=1S/C19H18ClNO3/c1-13(19(22)23-3)18(16-9-11-17(20)12-10-16)24-21-14(2)15-7-5-4-6-8-15/h4-12,18H,1H2,2-3H3. The van der Waals surface area contributed by atoms with E-state index in [9.17, 15) is 4.79 Å². The van der Waals surface area contributed by atoms with Gasteiger partial charge in [-0.15, -0.1) is 0 Å². The third-order valence-electron chi connectivity index (χ3n) is 3.42. The van der Waals surface area contributed by atoms with Crippen LogP contribution in [0.4, 0.5) is 0 Å². The highest BCUT2D eigenvalue weighted by atomic mass is 35.5. The third kappa shape index (κ3) is 4.46. The van der Waals surface area contributed by atoms with Crippen LogP contribution in [0.2, 0.25) is 5.02 Å². The van der Waals surface area contributed by atoms with E-state index in [1.54, 1.807) is 24.3 Å². The van der Waals surface area contributed by atoms with E-state index in [-0.39, 0.29) is 5.57 Å². The predicted molar refractivity (Wildman–Crippen MR) is 95.1 cm³/mol. The maximum atomic E-state index is 11.8. The van der Waals surface area contributed by atoms with Crippen molar-refractivity contribution in [3.8, 4) is 0 Å². The molecule has 0 aliphatic heterocycles. The highest BCUT2D eigenvalue weighted by Gasteiger charge is 2.23. The van der Waals surface area contributed by atoms with Gasteiger partial charge in [0.15, 0.2) is 6.10 Å². The minimum atomic E-state index is -0.756. The van der Waals surface area contributed by atoms with Gasteiger partial charge in [0.1, 0.15) is 0 Å². The molecule has 2 rings (SSSR count). The van der Waals surface area contributed by atoms with E-state index >= 15 is 0 Å². The zero-order valence-electron chi connectivity index (χ0n) is 13.5. The molecule has 0 radical (unpaired) electrons. The van der Waals surface area contributed by atoms with Gasteiger partial charge in [0, 0.05) is 5.02 Å². The summed E-state index contributed by atoms with van der Waals surface area (Å²) >= 11 is 5.91. The minimum Gasteiger partial charge on any atom is -0.466 e. The van der Waals surface area contributed by atoms with Crippen molar-refractivity contribution in [1.29, 1.82) is 0 Å². The second-order valence-electron chi connectivity index (χ2n) is 5.10. The molecule has 0 aliphatic rings. The van der Waals surface area contributed by atoms with Crippen molar-refractivity contribution >= 4 is 23.3 Å². The number of carbonyl (C=O) groups is 1. The normalized spacial score (nSPS) is 12.4. The topological polar surface area (TPSA) is 47.9 Å². The van der Waals surface area contributed by atoms with Gasteiger partial charge in [-0.1, -0.05) is 65.8 Å². The fraction of sp³-hybridized carbons (Fsp3) is 0.158. The second kappa shape index (κ2) is 8.31. The predicted octanol–water partition coefficient (Wildman–Crippen LogP) is 4.55. The number of hydrogen-bond donors (Lipinski definition) is 0. The number of esters is 1. The molecule has 0 spiro atoms. The lowest BCUT2D eigenvalue weighted by Gasteiger charge is -2.17. The lowest BCUT2D eigenvalue weighted by atomic mass is 10.0. The first-order chi connectivity index (χ1) is 11.5. The highest BCUT2D eigenvalue weighted by Crippen LogP contribution is 2.27. The maximum absolute atomic E-state index is 11.8. The Balaban J connectivity index is 2.27. The molecule has 0 saturated carbocycles. The Labute approximate surface area is 146 Å². The van der Waals surface area contributed by atoms with Crippen molar-refractivity contribution in [2.75, 3.05) is 7.11 Å². The number of hydrogen-bond acceptors (Lipinski definition) is 4. The fourth-order valence-electron chi connectivity index (χ4n) is 2.07. The number of methoxy groups -OCH3 is 1. The summed E-state index contributed by atoms with van der Waals surface area (Å²) in [5.41, 5.74) is 2.48. The molecule has 5 heteroatoms. The molecule has 2 aromatic carbocycles. The van der Waals surface area contributed by atoms with Crippen LogP contribution in [-0.2, 0) is 14.4 Å². The quantitative estimate of drug-likeness (QED) is 0.334. The Morgan fingerprint density at radius 2 is 1.75 bits per heavy atom. The first-order valence-electron chi connectivity index (χ1n) is 7.31. The van der Waals surface area contributed by atoms with Crippen molar-refractivity contribution in [1.82, 2.24) is 0 Å². The molecule has 2 aromatic rings. The van der Waals surface area contributed by atoms with E-state index in [2.05, 4.69) is 11.7 Å². The number of halogens is 1. The van der Waals surface area contributed by atoms with Crippen molar-refractivity contribution in [2.45, 2.75) is 13.0 Å². The summed E-state index contributed by atoms with van der Waals surface area (Å²) in [5.74, 6) is -0.553. The lowest BCUT2D eigenvalue weighted by Crippen LogP contribution is -2.14. The van der Waals surface area contributed by atoms with Crippen LogP contribution in [0.25, 0.3) is 0 Å². The van der Waals surface area contributed by atoms with E-state index in [1.165, 1.54) is 7.11 Å². The summed E-state index contributed by atoms with van der Waals surface area (Å²) < 4.78 is 4.74. The summed E-state index contributed by atoms with van der Waals surface area (Å²) in [6.45, 7) is 5.60. The number of rotatable bonds is 6. The Kier molecular flexibility index (Phi) is 6.15. The number of carbonyl (C=O) groups excluding carboxylic acids is 1. The summed E-state index contributed by atoms with van der Waals surface area (Å²) in [6, 6.07) is 16.5. The van der Waals surface area contributed by atoms with Gasteiger partial charge in [0.05, 0.1) is 18.4 Å². The van der Waals surface area contributed by atoms with Crippen LogP contribution in [0.3, 0.4) is 0 Å². The molecule has 24 heavy (non-hydrogen) atoms. The van der Waals surface area contributed by atoms with E-state index in [4.69, 9.17) is 21.2 Å². The van der Waals surface area contributed by atoms with Gasteiger partial charge in [0.25, 0.3) is 0 Å². The Morgan fingerprint density at radius 3 is 2.33 bits per heavy atom. The number of ether oxygens (including phenoxy) is 1. The third-order valence-corrected chi connectivity index (χ3v) is 3.68. The maximum Gasteiger partial charge on any atom is 0.337 e. The van der Waals surface area contributed by atoms with Crippen LogP contribution >= 0.6 is 11.6 Å². The smallest absolute Gasteiger partial charge is 0.337 e. The molecule has 0 heterocycles. The number of nitrogens with zero attached hydrogens (tertiary/aromatic N) is 1. The summed E-state index contributed by atoms with van der Waals surface area (Å²) in [6.07, 6.45) is -0.756. The average Bonchev–Trinajstić information content (AvgIpc) is 2.62. The summed E-state index contributed by atoms with van der Waals surface area (Å²) in [7, 11) is 1.30. The first-order valence-corrected chi connectivity index (χ1v) is 7.69. The molecule has 0 aliphatic carbocycles. The zero-order chi connectivity index (χ0) is 17.5. The van der Waals surface area contributed by atoms with Gasteiger partial charge in [-0.25, -0.2) is 4.79 Å². The fourth-order valence-corrected chi connectivity index (χ4v) is 2.19. The van der Waals surface area contributed by atoms with Crippen molar-refractivity contribution in [3.05, 3.63) is 82.9 Å². The van der Waals surface area contributed by atoms with Gasteiger partial charge in [0.2, 0.25) is 0 Å². The molecule has 0 aromatic heterocycles. The Morgan fingerprint density at radius 1 is 1.12 bits per heavy atom. The van der Waals surface area contributed by atoms with Crippen LogP contribution in [0.1, 0.15) is 24.2 Å². The van der Waals surface area contributed by atoms with Gasteiger partial charge in [-0.3, -0.25) is 0 Å². The summed E-state index contributed by atoms with van der Waals surface area (Å²) in [5, 5.41) is 4.73. The number of benzene rings is 2. The van der Waals surface area contributed by atoms with Crippen molar-refractivity contribution in [2.24, 2.45) is 5.16 Å². The van der Waals surface area contributed by atoms with Crippen molar-refractivity contribution < 1.29 is 14.4 Å². The molecule has 0 bridgehead atoms. The van der Waals surface area contributed by atoms with Crippen LogP contribution in [-0.4, -0.2) is 18.8 Å². The van der Waals surface area contributed by atoms with Crippen molar-refractivity contribution in [3.63, 3.8) is 0 Å². The summed E-state index contributed by atoms with van der Waals surface area (Å²) in [4.78, 5) is 17.4. The second-order valence-corrected chi connectivity index (χ2v) is 5.53. The van der Waals surface area contributed by atoms with Crippen LogP contribution in [0.5, 0.6) is 0 Å². The molecule has 4 nitrogen and oxygen atoms in total. The van der Waals surface area contributed by atoms with Crippen LogP contribution in [0, 0.1) is 0 Å². The number of oxime groups is 1. The Hall–Kier alpha value is -2.59. The van der Waals surface area contributed by atoms with E-state index in [1.807, 2.05) is 37.3 Å². The lowest BCUT2D eigenvalue weighted by molar-refractivity contribution is -0.137. The van der Waals surface area contributed by atoms with Gasteiger partial charge in [-0.05, 0) is 30.2 Å². The van der Waals surface area contributed by atoms with Gasteiger partial charge < -0.3 is 9.57 Å². The SMILES string of the molecule is C=C(C(=O)OC)C(ON=C(C)c1ccccc1)c1ccc(Cl)cc1. The van der Waals surface area contributed by atoms with E-state index < -0.39 is 12.1 Å². The Bertz CT molecular complexity index is 739. The largest absolute Gasteiger partial charge is 0.466 e. The molecule has 124 valence electrons. The molecule has 0 saturated heterocycles. The zero-order valence-corrected chi connectivity index (χ0v) is 14.3. The van der Waals surface area contributed by atoms with Crippen LogP contribution < -0.4 is 0 Å². The molecule has 0 fully saturated rings. The van der Waals surface area contributed by atoms with Crippen LogP contribution in [0.15, 0.2) is 71.9 Å². The first kappa shape index (κ1) is 17.8. The van der Waals surface area contributed by atoms with Gasteiger partial charge in [-0.2, -0.15) is 0 Å². The molecule has 0 amide bonds. The van der Waals surface area contributed by atoms with E-state index in [0.717, 1.165) is 5.56 Å². The minimum absolute atomic E-state index is 0.157. The highest BCUT2D eigenvalue weighted by molar-refractivity contribution is 6.30. The molecular formula is C19H18ClNO3. The average molecular weight is 344 g/mol. The van der Waals surface area contributed by atoms with Gasteiger partial charge >= 0.3 is 5.97 Å². The monoisotopic (exact) mass is 343 g/mol. The van der Waals surface area contributed by atoms with E-state index in [0.29, 0.717) is 16.3 Å². The molecule has 1 atom stereocenters.